The number of benzene rings is 2. The first-order valence-electron chi connectivity index (χ1n) is 10.9. The minimum absolute atomic E-state index is 0.0107. The number of carbonyl (C=O) groups is 2. The highest BCUT2D eigenvalue weighted by atomic mass is 16.7. The lowest BCUT2D eigenvalue weighted by atomic mass is 9.83. The van der Waals surface area contributed by atoms with E-state index in [2.05, 4.69) is 27.8 Å². The first-order valence-corrected chi connectivity index (χ1v) is 10.9. The van der Waals surface area contributed by atoms with E-state index in [9.17, 15) is 9.59 Å². The van der Waals surface area contributed by atoms with Gasteiger partial charge in [-0.25, -0.2) is 10.4 Å². The Hall–Kier alpha value is -2.78. The second-order valence-corrected chi connectivity index (χ2v) is 8.20. The van der Waals surface area contributed by atoms with Gasteiger partial charge >= 0.3 is 0 Å². The Balaban J connectivity index is 1.54. The molecule has 2 aromatic rings. The monoisotopic (exact) mass is 438 g/mol. The summed E-state index contributed by atoms with van der Waals surface area (Å²) in [6, 6.07) is 19.3. The molecule has 0 saturated carbocycles. The molecule has 8 heteroatoms. The number of carbonyl (C=O) groups excluding carboxylic acids is 2. The second-order valence-electron chi connectivity index (χ2n) is 8.20. The molecule has 2 aromatic carbocycles. The molecule has 0 spiro atoms. The van der Waals surface area contributed by atoms with Gasteiger partial charge in [-0.3, -0.25) is 14.5 Å². The molecule has 0 radical (unpaired) electrons. The zero-order valence-corrected chi connectivity index (χ0v) is 18.4. The van der Waals surface area contributed by atoms with Crippen molar-refractivity contribution in [2.24, 2.45) is 11.8 Å². The van der Waals surface area contributed by atoms with Gasteiger partial charge in [0.15, 0.2) is 6.29 Å². The van der Waals surface area contributed by atoms with Crippen LogP contribution in [0.3, 0.4) is 0 Å². The molecule has 2 amide bonds. The van der Waals surface area contributed by atoms with Crippen molar-refractivity contribution in [1.82, 2.24) is 15.6 Å². The highest BCUT2D eigenvalue weighted by molar-refractivity contribution is 5.98. The summed E-state index contributed by atoms with van der Waals surface area (Å²) in [7, 11) is 3.07. The summed E-state index contributed by atoms with van der Waals surface area (Å²) in [5.74, 6) is -0.843. The van der Waals surface area contributed by atoms with Crippen LogP contribution in [0.25, 0.3) is 0 Å². The molecule has 8 nitrogen and oxygen atoms in total. The number of fused-ring (bicyclic) bond motifs is 1. The third-order valence-corrected chi connectivity index (χ3v) is 6.16. The molecule has 2 aliphatic rings. The maximum atomic E-state index is 13.3. The van der Waals surface area contributed by atoms with E-state index in [1.165, 1.54) is 14.2 Å². The third-order valence-electron chi connectivity index (χ3n) is 6.16. The predicted molar refractivity (Wildman–Crippen MR) is 120 cm³/mol. The minimum atomic E-state index is -0.516. The zero-order chi connectivity index (χ0) is 22.5. The lowest BCUT2D eigenvalue weighted by Gasteiger charge is -2.38. The Kier molecular flexibility index (Phi) is 7.16. The first kappa shape index (κ1) is 22.4. The number of nitrogens with zero attached hydrogens (tertiary/aromatic N) is 2. The van der Waals surface area contributed by atoms with E-state index in [0.717, 1.165) is 11.3 Å². The predicted octanol–water partition coefficient (Wildman–Crippen LogP) is 1.39. The number of piperidine rings is 1. The molecule has 2 fully saturated rings. The highest BCUT2D eigenvalue weighted by Crippen LogP contribution is 2.32. The maximum Gasteiger partial charge on any atom is 0.247 e. The van der Waals surface area contributed by atoms with Gasteiger partial charge in [0.2, 0.25) is 11.8 Å². The third kappa shape index (κ3) is 4.83. The molecular weight excluding hydrogens is 408 g/mol. The van der Waals surface area contributed by atoms with Crippen molar-refractivity contribution in [1.29, 1.82) is 0 Å². The van der Waals surface area contributed by atoms with E-state index in [1.807, 2.05) is 48.5 Å². The van der Waals surface area contributed by atoms with Crippen molar-refractivity contribution in [3.63, 3.8) is 0 Å². The number of para-hydroxylation sites is 1. The maximum absolute atomic E-state index is 13.3. The van der Waals surface area contributed by atoms with Crippen LogP contribution < -0.4 is 15.8 Å². The molecule has 2 aliphatic heterocycles. The molecule has 4 rings (SSSR count). The van der Waals surface area contributed by atoms with Crippen LogP contribution in [0.1, 0.15) is 5.56 Å². The van der Waals surface area contributed by atoms with Gasteiger partial charge in [0.05, 0.1) is 30.1 Å². The van der Waals surface area contributed by atoms with Gasteiger partial charge in [0.25, 0.3) is 0 Å². The van der Waals surface area contributed by atoms with Crippen LogP contribution in [-0.4, -0.2) is 62.9 Å². The van der Waals surface area contributed by atoms with E-state index in [1.54, 1.807) is 5.01 Å². The molecule has 3 unspecified atom stereocenters. The highest BCUT2D eigenvalue weighted by Gasteiger charge is 2.50. The van der Waals surface area contributed by atoms with Gasteiger partial charge in [-0.05, 0) is 17.7 Å². The number of hydrazine groups is 1. The van der Waals surface area contributed by atoms with Crippen molar-refractivity contribution < 1.29 is 19.1 Å². The minimum Gasteiger partial charge on any atom is -0.354 e. The van der Waals surface area contributed by atoms with E-state index in [4.69, 9.17) is 9.47 Å². The number of methoxy groups -OCH3 is 2. The average molecular weight is 439 g/mol. The largest absolute Gasteiger partial charge is 0.354 e. The van der Waals surface area contributed by atoms with Gasteiger partial charge in [-0.2, -0.15) is 0 Å². The van der Waals surface area contributed by atoms with Gasteiger partial charge in [-0.15, -0.1) is 0 Å². The van der Waals surface area contributed by atoms with Crippen molar-refractivity contribution in [2.45, 2.75) is 18.9 Å². The average Bonchev–Trinajstić information content (AvgIpc) is 3.16. The fourth-order valence-electron chi connectivity index (χ4n) is 4.50. The summed E-state index contributed by atoms with van der Waals surface area (Å²) in [5.41, 5.74) is 5.26. The van der Waals surface area contributed by atoms with Crippen molar-refractivity contribution in [2.75, 3.05) is 38.9 Å². The molecule has 0 aliphatic carbocycles. The van der Waals surface area contributed by atoms with Gasteiger partial charge in [0, 0.05) is 33.9 Å². The van der Waals surface area contributed by atoms with Crippen LogP contribution in [0.15, 0.2) is 60.7 Å². The molecule has 3 atom stereocenters. The number of anilines is 1. The van der Waals surface area contributed by atoms with Crippen LogP contribution in [0.4, 0.5) is 5.69 Å². The van der Waals surface area contributed by atoms with E-state index in [0.29, 0.717) is 19.6 Å². The summed E-state index contributed by atoms with van der Waals surface area (Å²) in [4.78, 5) is 28.7. The number of ether oxygens (including phenoxy) is 2. The Morgan fingerprint density at radius 3 is 2.38 bits per heavy atom. The number of amides is 2. The van der Waals surface area contributed by atoms with E-state index >= 15 is 0 Å². The Morgan fingerprint density at radius 1 is 1.06 bits per heavy atom. The van der Waals surface area contributed by atoms with Crippen LogP contribution >= 0.6 is 0 Å². The number of rotatable bonds is 8. The van der Waals surface area contributed by atoms with Crippen molar-refractivity contribution >= 4 is 17.5 Å². The number of hydrogen-bond donors (Lipinski definition) is 2. The topological polar surface area (TPSA) is 83.1 Å². The number of nitrogens with one attached hydrogen (secondary N) is 2. The summed E-state index contributed by atoms with van der Waals surface area (Å²) in [5, 5.41) is 4.53. The molecule has 2 heterocycles. The van der Waals surface area contributed by atoms with Crippen molar-refractivity contribution in [3.05, 3.63) is 66.2 Å². The second kappa shape index (κ2) is 10.2. The van der Waals surface area contributed by atoms with Crippen LogP contribution in [0.2, 0.25) is 0 Å². The molecule has 0 aromatic heterocycles. The normalized spacial score (nSPS) is 23.4. The molecule has 170 valence electrons. The SMILES string of the molecule is COC(CNC(=O)C1CN(Cc2ccccc2)CC2C(=O)N(c3ccccc3)NC12)OC. The lowest BCUT2D eigenvalue weighted by Crippen LogP contribution is -2.57. The van der Waals surface area contributed by atoms with Crippen molar-refractivity contribution in [3.8, 4) is 0 Å². The summed E-state index contributed by atoms with van der Waals surface area (Å²) >= 11 is 0. The standard InChI is InChI=1S/C24H30N4O4/c1-31-21(32-2)13-25-23(29)19-15-27(14-17-9-5-3-6-10-17)16-20-22(19)26-28(24(20)30)18-11-7-4-8-12-18/h3-12,19-22,26H,13-16H2,1-2H3,(H,25,29). The van der Waals surface area contributed by atoms with Crippen LogP contribution in [0.5, 0.6) is 0 Å². The van der Waals surface area contributed by atoms with Gasteiger partial charge < -0.3 is 14.8 Å². The van der Waals surface area contributed by atoms with E-state index in [-0.39, 0.29) is 30.3 Å². The Morgan fingerprint density at radius 2 is 1.72 bits per heavy atom. The fourth-order valence-corrected chi connectivity index (χ4v) is 4.50. The number of hydrogen-bond acceptors (Lipinski definition) is 6. The Labute approximate surface area is 188 Å². The molecular formula is C24H30N4O4. The lowest BCUT2D eigenvalue weighted by molar-refractivity contribution is -0.134. The quantitative estimate of drug-likeness (QED) is 0.606. The smallest absolute Gasteiger partial charge is 0.247 e. The zero-order valence-electron chi connectivity index (χ0n) is 18.4. The summed E-state index contributed by atoms with van der Waals surface area (Å²) in [6.45, 7) is 2.08. The van der Waals surface area contributed by atoms with Gasteiger partial charge in [-0.1, -0.05) is 48.5 Å². The van der Waals surface area contributed by atoms with Crippen LogP contribution in [-0.2, 0) is 25.6 Å². The Bertz CT molecular complexity index is 907. The fraction of sp³-hybridized carbons (Fsp3) is 0.417. The van der Waals surface area contributed by atoms with Gasteiger partial charge in [0.1, 0.15) is 0 Å². The first-order chi connectivity index (χ1) is 15.6. The summed E-state index contributed by atoms with van der Waals surface area (Å²) in [6.07, 6.45) is -0.516. The number of likely N-dealkylation sites (tertiary alicyclic amines) is 1. The van der Waals surface area contributed by atoms with Crippen LogP contribution in [0, 0.1) is 11.8 Å². The molecule has 2 saturated heterocycles. The molecule has 2 N–H and O–H groups in total. The molecule has 32 heavy (non-hydrogen) atoms. The van der Waals surface area contributed by atoms with E-state index < -0.39 is 12.2 Å². The molecule has 0 bridgehead atoms. The summed E-state index contributed by atoms with van der Waals surface area (Å²) < 4.78 is 10.4.